The molecule has 1 amide bonds. The maximum absolute atomic E-state index is 11.7. The smallest absolute Gasteiger partial charge is 0.270 e. The Labute approximate surface area is 115 Å². The van der Waals surface area contributed by atoms with Gasteiger partial charge in [0.25, 0.3) is 5.91 Å². The van der Waals surface area contributed by atoms with Crippen molar-refractivity contribution in [3.8, 4) is 0 Å². The highest BCUT2D eigenvalue weighted by molar-refractivity contribution is 7.89. The Hall–Kier alpha value is -2.32. The minimum absolute atomic E-state index is 0.0309. The molecule has 1 aromatic carbocycles. The molecular weight excluding hydrogens is 280 g/mol. The van der Waals surface area contributed by atoms with Gasteiger partial charge < -0.3 is 5.32 Å². The molecule has 0 bridgehead atoms. The van der Waals surface area contributed by atoms with E-state index in [1.165, 1.54) is 30.7 Å². The molecule has 3 N–H and O–H groups in total. The van der Waals surface area contributed by atoms with Crippen LogP contribution >= 0.6 is 0 Å². The summed E-state index contributed by atoms with van der Waals surface area (Å²) in [6, 6.07) is 7.45. The molecule has 0 atom stereocenters. The Kier molecular flexibility index (Phi) is 4.06. The van der Waals surface area contributed by atoms with Crippen LogP contribution < -0.4 is 10.5 Å². The van der Waals surface area contributed by atoms with Crippen molar-refractivity contribution >= 4 is 15.9 Å². The quantitative estimate of drug-likeness (QED) is 0.826. The molecule has 1 aromatic heterocycles. The zero-order valence-corrected chi connectivity index (χ0v) is 11.2. The molecule has 2 aromatic rings. The van der Waals surface area contributed by atoms with Gasteiger partial charge in [0.15, 0.2) is 0 Å². The number of carbonyl (C=O) groups is 1. The van der Waals surface area contributed by atoms with Crippen LogP contribution in [0, 0.1) is 0 Å². The summed E-state index contributed by atoms with van der Waals surface area (Å²) in [5, 5.41) is 7.66. The van der Waals surface area contributed by atoms with Crippen LogP contribution in [-0.2, 0) is 16.6 Å². The predicted octanol–water partition coefficient (Wildman–Crippen LogP) is 0.0540. The van der Waals surface area contributed by atoms with E-state index in [-0.39, 0.29) is 23.0 Å². The highest BCUT2D eigenvalue weighted by Gasteiger charge is 2.08. The first-order chi connectivity index (χ1) is 9.47. The number of nitrogens with two attached hydrogens (primary N) is 1. The summed E-state index contributed by atoms with van der Waals surface area (Å²) < 4.78 is 22.2. The number of hydrogen-bond donors (Lipinski definition) is 2. The van der Waals surface area contributed by atoms with E-state index in [0.29, 0.717) is 0 Å². The van der Waals surface area contributed by atoms with Crippen molar-refractivity contribution in [2.45, 2.75) is 11.4 Å². The lowest BCUT2D eigenvalue weighted by atomic mass is 10.2. The molecule has 0 fully saturated rings. The fourth-order valence-corrected chi connectivity index (χ4v) is 2.01. The third-order valence-corrected chi connectivity index (χ3v) is 3.45. The molecule has 0 saturated heterocycles. The average Bonchev–Trinajstić information content (AvgIpc) is 2.45. The highest BCUT2D eigenvalue weighted by atomic mass is 32.2. The molecule has 8 heteroatoms. The lowest BCUT2D eigenvalue weighted by Gasteiger charge is -2.05. The highest BCUT2D eigenvalue weighted by Crippen LogP contribution is 2.08. The largest absolute Gasteiger partial charge is 0.347 e. The predicted molar refractivity (Wildman–Crippen MR) is 71.0 cm³/mol. The Bertz CT molecular complexity index is 699. The molecule has 1 heterocycles. The minimum Gasteiger partial charge on any atom is -0.347 e. The zero-order valence-electron chi connectivity index (χ0n) is 10.4. The summed E-state index contributed by atoms with van der Waals surface area (Å²) >= 11 is 0. The van der Waals surface area contributed by atoms with E-state index >= 15 is 0 Å². The summed E-state index contributed by atoms with van der Waals surface area (Å²) in [6.45, 7) is 0.258. The van der Waals surface area contributed by atoms with Crippen LogP contribution in [0.4, 0.5) is 0 Å². The van der Waals surface area contributed by atoms with E-state index in [4.69, 9.17) is 5.14 Å². The van der Waals surface area contributed by atoms with Crippen LogP contribution in [0.2, 0.25) is 0 Å². The second-order valence-electron chi connectivity index (χ2n) is 3.97. The van der Waals surface area contributed by atoms with Crippen LogP contribution in [-0.4, -0.2) is 24.3 Å². The van der Waals surface area contributed by atoms with Gasteiger partial charge in [0, 0.05) is 12.7 Å². The number of nitrogens with one attached hydrogen (secondary N) is 1. The fraction of sp³-hybridized carbons (Fsp3) is 0.0833. The number of rotatable bonds is 4. The molecule has 0 saturated carbocycles. The fourth-order valence-electron chi connectivity index (χ4n) is 1.49. The monoisotopic (exact) mass is 292 g/mol. The molecule has 0 spiro atoms. The normalized spacial score (nSPS) is 11.1. The summed E-state index contributed by atoms with van der Waals surface area (Å²) in [5.41, 5.74) is 1.01. The van der Waals surface area contributed by atoms with Crippen molar-refractivity contribution in [1.82, 2.24) is 15.3 Å². The summed E-state index contributed by atoms with van der Waals surface area (Å²) in [6.07, 6.45) is 2.76. The molecule has 20 heavy (non-hydrogen) atoms. The lowest BCUT2D eigenvalue weighted by molar-refractivity contribution is 0.0945. The number of primary sulfonamides is 1. The third-order valence-electron chi connectivity index (χ3n) is 2.52. The number of benzene rings is 1. The van der Waals surface area contributed by atoms with E-state index in [2.05, 4.69) is 15.3 Å². The van der Waals surface area contributed by atoms with Crippen molar-refractivity contribution in [3.05, 3.63) is 54.1 Å². The van der Waals surface area contributed by atoms with Gasteiger partial charge in [-0.25, -0.2) is 23.5 Å². The van der Waals surface area contributed by atoms with Gasteiger partial charge >= 0.3 is 0 Å². The van der Waals surface area contributed by atoms with Gasteiger partial charge in [-0.3, -0.25) is 4.79 Å². The maximum atomic E-state index is 11.7. The summed E-state index contributed by atoms with van der Waals surface area (Å²) in [7, 11) is -3.70. The van der Waals surface area contributed by atoms with Gasteiger partial charge in [-0.15, -0.1) is 0 Å². The summed E-state index contributed by atoms with van der Waals surface area (Å²) in [4.78, 5) is 19.3. The average molecular weight is 292 g/mol. The first-order valence-electron chi connectivity index (χ1n) is 5.63. The molecule has 0 radical (unpaired) electrons. The van der Waals surface area contributed by atoms with E-state index in [0.717, 1.165) is 5.56 Å². The first-order valence-corrected chi connectivity index (χ1v) is 7.17. The van der Waals surface area contributed by atoms with Gasteiger partial charge in [0.1, 0.15) is 12.0 Å². The number of aromatic nitrogens is 2. The number of sulfonamides is 1. The van der Waals surface area contributed by atoms with Gasteiger partial charge in [-0.1, -0.05) is 12.1 Å². The van der Waals surface area contributed by atoms with E-state index < -0.39 is 10.0 Å². The first kappa shape index (κ1) is 14.1. The lowest BCUT2D eigenvalue weighted by Crippen LogP contribution is -2.23. The Morgan fingerprint density at radius 2 is 1.90 bits per heavy atom. The van der Waals surface area contributed by atoms with Crippen molar-refractivity contribution in [2.24, 2.45) is 5.14 Å². The van der Waals surface area contributed by atoms with Crippen molar-refractivity contribution in [1.29, 1.82) is 0 Å². The Balaban J connectivity index is 2.00. The molecule has 0 aliphatic heterocycles. The third kappa shape index (κ3) is 3.59. The van der Waals surface area contributed by atoms with Gasteiger partial charge in [-0.2, -0.15) is 0 Å². The number of hydrogen-bond acceptors (Lipinski definition) is 5. The van der Waals surface area contributed by atoms with Crippen LogP contribution in [0.15, 0.2) is 47.8 Å². The van der Waals surface area contributed by atoms with Gasteiger partial charge in [-0.05, 0) is 23.8 Å². The van der Waals surface area contributed by atoms with E-state index in [9.17, 15) is 13.2 Å². The van der Waals surface area contributed by atoms with E-state index in [1.54, 1.807) is 12.1 Å². The second-order valence-corrected chi connectivity index (χ2v) is 5.53. The zero-order chi connectivity index (χ0) is 14.6. The van der Waals surface area contributed by atoms with Crippen LogP contribution in [0.1, 0.15) is 16.1 Å². The summed E-state index contributed by atoms with van der Waals surface area (Å²) in [5.74, 6) is -0.331. The van der Waals surface area contributed by atoms with Gasteiger partial charge in [0.05, 0.1) is 4.90 Å². The van der Waals surface area contributed by atoms with Gasteiger partial charge in [0.2, 0.25) is 10.0 Å². The number of nitrogens with zero attached hydrogens (tertiary/aromatic N) is 2. The molecular formula is C12H12N4O3S. The molecule has 0 aliphatic rings. The minimum atomic E-state index is -3.70. The van der Waals surface area contributed by atoms with Crippen LogP contribution in [0.25, 0.3) is 0 Å². The van der Waals surface area contributed by atoms with Crippen molar-refractivity contribution < 1.29 is 13.2 Å². The molecule has 7 nitrogen and oxygen atoms in total. The second kappa shape index (κ2) is 5.76. The maximum Gasteiger partial charge on any atom is 0.270 e. The topological polar surface area (TPSA) is 115 Å². The molecule has 2 rings (SSSR count). The Morgan fingerprint density at radius 1 is 1.20 bits per heavy atom. The number of amides is 1. The van der Waals surface area contributed by atoms with E-state index in [1.807, 2.05) is 0 Å². The van der Waals surface area contributed by atoms with Crippen molar-refractivity contribution in [2.75, 3.05) is 0 Å². The van der Waals surface area contributed by atoms with Crippen LogP contribution in [0.5, 0.6) is 0 Å². The molecule has 104 valence electrons. The standard InChI is InChI=1S/C12H12N4O3S/c13-20(18,19)10-3-1-9(2-4-10)7-15-12(17)11-5-6-14-8-16-11/h1-6,8H,7H2,(H,15,17)(H2,13,18,19). The van der Waals surface area contributed by atoms with Crippen molar-refractivity contribution in [3.63, 3.8) is 0 Å². The number of carbonyl (C=O) groups excluding carboxylic acids is 1. The molecule has 0 unspecified atom stereocenters. The van der Waals surface area contributed by atoms with Crippen LogP contribution in [0.3, 0.4) is 0 Å². The Morgan fingerprint density at radius 3 is 2.45 bits per heavy atom. The SMILES string of the molecule is NS(=O)(=O)c1ccc(CNC(=O)c2ccncn2)cc1. The molecule has 0 aliphatic carbocycles.